The van der Waals surface area contributed by atoms with Crippen LogP contribution in [-0.4, -0.2) is 70.4 Å². The van der Waals surface area contributed by atoms with E-state index in [0.717, 1.165) is 22.4 Å². The topological polar surface area (TPSA) is 142 Å². The van der Waals surface area contributed by atoms with Crippen molar-refractivity contribution >= 4 is 41.1 Å². The first-order valence-electron chi connectivity index (χ1n) is 14.5. The molecular weight excluding hydrogens is 562 g/mol. The third-order valence-corrected chi connectivity index (χ3v) is 9.72. The molecule has 11 heteroatoms. The Balaban J connectivity index is 1.65. The smallest absolute Gasteiger partial charge is 0.330 e. The number of aliphatic hydroxyl groups excluding tert-OH is 1. The molecule has 4 rings (SSSR count). The van der Waals surface area contributed by atoms with Crippen molar-refractivity contribution in [3.05, 3.63) is 34.3 Å². The van der Waals surface area contributed by atoms with Gasteiger partial charge in [-0.25, -0.2) is 9.78 Å². The van der Waals surface area contributed by atoms with Gasteiger partial charge in [0.25, 0.3) is 0 Å². The zero-order chi connectivity index (χ0) is 30.8. The van der Waals surface area contributed by atoms with Gasteiger partial charge in [-0.05, 0) is 57.6 Å². The molecule has 0 aliphatic carbocycles. The molecule has 3 fully saturated rings. The van der Waals surface area contributed by atoms with Crippen molar-refractivity contribution in [2.24, 2.45) is 17.3 Å². The lowest BCUT2D eigenvalue weighted by Gasteiger charge is -2.33. The number of aliphatic hydroxyl groups is 1. The number of aromatic nitrogens is 1. The number of epoxide rings is 1. The van der Waals surface area contributed by atoms with E-state index in [1.54, 1.807) is 13.8 Å². The summed E-state index contributed by atoms with van der Waals surface area (Å²) in [5, 5.41) is 13.9. The summed E-state index contributed by atoms with van der Waals surface area (Å²) >= 11 is 1.51. The van der Waals surface area contributed by atoms with E-state index in [-0.39, 0.29) is 37.3 Å². The van der Waals surface area contributed by atoms with Gasteiger partial charge < -0.3 is 24.1 Å². The first-order chi connectivity index (χ1) is 19.8. The van der Waals surface area contributed by atoms with Gasteiger partial charge in [0, 0.05) is 23.8 Å². The SMILES string of the molecule is C=CC(=O)OCC12CCC[C@H](C)[C@H](O)[C@@H](C)C(=O)[C@]3(C)CC(=O)O[C@@H]3CC(=O)O[C@H](/C(C)=C/c3csc(C)n3)CC1O2. The second-order valence-corrected chi connectivity index (χ2v) is 13.2. The van der Waals surface area contributed by atoms with Crippen molar-refractivity contribution in [1.29, 1.82) is 0 Å². The van der Waals surface area contributed by atoms with Crippen LogP contribution in [0.5, 0.6) is 0 Å². The standard InChI is InChI=1S/C31H41NO9S/c1-7-25(33)38-16-31-10-8-9-17(2)28(36)19(4)29(37)30(6)14-27(35)40-23(30)13-26(34)39-22(12-24(31)41-31)18(3)11-21-15-42-20(5)32-21/h7,11,15,17,19,22-24,28,36H,1,8-10,12-14,16H2,2-6H3/b18-11+/t17-,19+,22-,23+,24?,28-,30+,31?/m0/s1. The van der Waals surface area contributed by atoms with E-state index in [2.05, 4.69) is 11.6 Å². The predicted molar refractivity (Wildman–Crippen MR) is 154 cm³/mol. The minimum atomic E-state index is -1.27. The fourth-order valence-corrected chi connectivity index (χ4v) is 6.72. The number of carbonyl (C=O) groups is 4. The number of esters is 3. The zero-order valence-electron chi connectivity index (χ0n) is 24.9. The van der Waals surface area contributed by atoms with Gasteiger partial charge in [-0.3, -0.25) is 14.4 Å². The van der Waals surface area contributed by atoms with Crippen LogP contribution in [0.4, 0.5) is 0 Å². The normalized spacial score (nSPS) is 36.3. The molecule has 0 radical (unpaired) electrons. The monoisotopic (exact) mass is 603 g/mol. The molecule has 3 aliphatic rings. The number of rotatable bonds is 5. The molecule has 0 bridgehead atoms. The van der Waals surface area contributed by atoms with Crippen molar-refractivity contribution < 1.29 is 43.2 Å². The molecule has 0 amide bonds. The number of ether oxygens (including phenoxy) is 4. The number of fused-ring (bicyclic) bond motifs is 2. The summed E-state index contributed by atoms with van der Waals surface area (Å²) in [6.07, 6.45) is 1.53. The lowest BCUT2D eigenvalue weighted by molar-refractivity contribution is -0.155. The van der Waals surface area contributed by atoms with Crippen LogP contribution in [0.1, 0.15) is 76.9 Å². The summed E-state index contributed by atoms with van der Waals surface area (Å²) in [6, 6.07) is 0. The van der Waals surface area contributed by atoms with E-state index < -0.39 is 53.2 Å². The number of aryl methyl sites for hydroxylation is 1. The molecule has 1 N–H and O–H groups in total. The van der Waals surface area contributed by atoms with Gasteiger partial charge in [0.05, 0.1) is 41.2 Å². The highest BCUT2D eigenvalue weighted by Gasteiger charge is 2.58. The van der Waals surface area contributed by atoms with Crippen LogP contribution in [0.15, 0.2) is 23.6 Å². The number of hydrogen-bond acceptors (Lipinski definition) is 11. The van der Waals surface area contributed by atoms with E-state index >= 15 is 0 Å². The molecule has 42 heavy (non-hydrogen) atoms. The minimum Gasteiger partial charge on any atom is -0.461 e. The van der Waals surface area contributed by atoms with Gasteiger partial charge >= 0.3 is 17.9 Å². The van der Waals surface area contributed by atoms with Crippen molar-refractivity contribution in [3.63, 3.8) is 0 Å². The van der Waals surface area contributed by atoms with Crippen molar-refractivity contribution in [1.82, 2.24) is 4.98 Å². The molecule has 3 saturated heterocycles. The molecule has 4 heterocycles. The van der Waals surface area contributed by atoms with Gasteiger partial charge in [0.2, 0.25) is 0 Å². The summed E-state index contributed by atoms with van der Waals surface area (Å²) in [5.74, 6) is -3.08. The average molecular weight is 604 g/mol. The van der Waals surface area contributed by atoms with E-state index in [9.17, 15) is 24.3 Å². The Kier molecular flexibility index (Phi) is 9.74. The van der Waals surface area contributed by atoms with Gasteiger partial charge in [-0.15, -0.1) is 11.3 Å². The van der Waals surface area contributed by atoms with Crippen LogP contribution in [0.25, 0.3) is 6.08 Å². The Labute approximate surface area is 250 Å². The molecule has 1 aromatic rings. The molecule has 0 spiro atoms. The lowest BCUT2D eigenvalue weighted by atomic mass is 9.71. The highest BCUT2D eigenvalue weighted by Crippen LogP contribution is 2.46. The minimum absolute atomic E-state index is 0.0133. The Morgan fingerprint density at radius 3 is 2.64 bits per heavy atom. The van der Waals surface area contributed by atoms with Gasteiger partial charge in [0.15, 0.2) is 0 Å². The van der Waals surface area contributed by atoms with Crippen molar-refractivity contribution in [2.45, 2.75) is 103 Å². The Morgan fingerprint density at radius 1 is 1.24 bits per heavy atom. The third kappa shape index (κ3) is 7.01. The van der Waals surface area contributed by atoms with Crippen LogP contribution in [0.2, 0.25) is 0 Å². The summed E-state index contributed by atoms with van der Waals surface area (Å²) in [5.41, 5.74) is -0.556. The second kappa shape index (κ2) is 12.8. The molecule has 10 nitrogen and oxygen atoms in total. The van der Waals surface area contributed by atoms with Crippen molar-refractivity contribution in [3.8, 4) is 0 Å². The van der Waals surface area contributed by atoms with Crippen LogP contribution < -0.4 is 0 Å². The Hall–Kier alpha value is -2.89. The summed E-state index contributed by atoms with van der Waals surface area (Å²) in [6.45, 7) is 12.4. The van der Waals surface area contributed by atoms with Crippen molar-refractivity contribution in [2.75, 3.05) is 6.61 Å². The first-order valence-corrected chi connectivity index (χ1v) is 15.3. The largest absolute Gasteiger partial charge is 0.461 e. The van der Waals surface area contributed by atoms with E-state index in [1.807, 2.05) is 32.2 Å². The number of nitrogens with zero attached hydrogens (tertiary/aromatic N) is 1. The average Bonchev–Trinajstić information content (AvgIpc) is 3.30. The number of carbonyl (C=O) groups excluding carboxylic acids is 4. The summed E-state index contributed by atoms with van der Waals surface area (Å²) in [7, 11) is 0. The molecule has 2 unspecified atom stereocenters. The number of Topliss-reactive ketones (excluding diaryl/α,β-unsaturated/α-hetero) is 1. The zero-order valence-corrected chi connectivity index (χ0v) is 25.7. The fourth-order valence-electron chi connectivity index (χ4n) is 6.15. The van der Waals surface area contributed by atoms with Crippen LogP contribution in [0, 0.1) is 24.2 Å². The molecule has 0 saturated carbocycles. The highest BCUT2D eigenvalue weighted by molar-refractivity contribution is 7.09. The molecular formula is C31H41NO9S. The maximum atomic E-state index is 13.7. The predicted octanol–water partition coefficient (Wildman–Crippen LogP) is 4.12. The molecule has 8 atom stereocenters. The quantitative estimate of drug-likeness (QED) is 0.226. The van der Waals surface area contributed by atoms with E-state index in [0.29, 0.717) is 25.7 Å². The Bertz CT molecular complexity index is 1260. The molecule has 230 valence electrons. The van der Waals surface area contributed by atoms with Crippen LogP contribution in [0.3, 0.4) is 0 Å². The number of thiazole rings is 1. The third-order valence-electron chi connectivity index (χ3n) is 8.93. The second-order valence-electron chi connectivity index (χ2n) is 12.2. The summed E-state index contributed by atoms with van der Waals surface area (Å²) in [4.78, 5) is 55.8. The van der Waals surface area contributed by atoms with E-state index in [1.165, 1.54) is 11.3 Å². The molecule has 3 aliphatic heterocycles. The maximum Gasteiger partial charge on any atom is 0.330 e. The summed E-state index contributed by atoms with van der Waals surface area (Å²) < 4.78 is 23.0. The first kappa shape index (κ1) is 32.0. The fraction of sp³-hybridized carbons (Fsp3) is 0.645. The maximum absolute atomic E-state index is 13.7. The van der Waals surface area contributed by atoms with E-state index in [4.69, 9.17) is 18.9 Å². The lowest BCUT2D eigenvalue weighted by Crippen LogP contribution is -2.45. The number of ketones is 1. The highest BCUT2D eigenvalue weighted by atomic mass is 32.1. The van der Waals surface area contributed by atoms with Gasteiger partial charge in [-0.1, -0.05) is 20.4 Å². The molecule has 0 aromatic carbocycles. The van der Waals surface area contributed by atoms with Crippen LogP contribution >= 0.6 is 11.3 Å². The van der Waals surface area contributed by atoms with Gasteiger partial charge in [-0.2, -0.15) is 0 Å². The Morgan fingerprint density at radius 2 is 1.98 bits per heavy atom. The van der Waals surface area contributed by atoms with Crippen LogP contribution in [-0.2, 0) is 38.1 Å². The molecule has 1 aromatic heterocycles. The number of hydrogen-bond donors (Lipinski definition) is 1. The van der Waals surface area contributed by atoms with Gasteiger partial charge in [0.1, 0.15) is 30.2 Å². The number of cyclic esters (lactones) is 1.